The first kappa shape index (κ1) is 25.3. The fraction of sp³-hybridized carbons (Fsp3) is 0.800. The number of rotatable bonds is 4. The Kier molecular flexibility index (Phi) is 8.48. The molecule has 3 rings (SSSR count). The van der Waals surface area contributed by atoms with Gasteiger partial charge in [-0.05, 0) is 25.3 Å². The zero-order valence-corrected chi connectivity index (χ0v) is 18.9. The predicted molar refractivity (Wildman–Crippen MR) is 116 cm³/mol. The second-order valence-electron chi connectivity index (χ2n) is 8.81. The lowest BCUT2D eigenvalue weighted by Gasteiger charge is -2.36. The zero-order chi connectivity index (χ0) is 23.4. The minimum absolute atomic E-state index is 0.131. The molecule has 1 saturated carbocycles. The fourth-order valence-electron chi connectivity index (χ4n) is 4.57. The fourth-order valence-corrected chi connectivity index (χ4v) is 4.91. The van der Waals surface area contributed by atoms with Gasteiger partial charge in [-0.15, -0.1) is 0 Å². The van der Waals surface area contributed by atoms with E-state index in [0.29, 0.717) is 25.7 Å². The van der Waals surface area contributed by atoms with E-state index in [1.807, 2.05) is 0 Å². The summed E-state index contributed by atoms with van der Waals surface area (Å²) >= 11 is 0. The maximum absolute atomic E-state index is 12.2. The maximum Gasteiger partial charge on any atom is 0.469 e. The van der Waals surface area contributed by atoms with Gasteiger partial charge in [0.2, 0.25) is 0 Å². The van der Waals surface area contributed by atoms with Gasteiger partial charge in [0.15, 0.2) is 5.78 Å². The number of aliphatic hydroxyl groups is 2. The second-order valence-corrected chi connectivity index (χ2v) is 10.1. The Morgan fingerprint density at radius 2 is 1.91 bits per heavy atom. The molecule has 6 unspecified atom stereocenters. The molecular formula is C20H34N3O8P. The van der Waals surface area contributed by atoms with Crippen molar-refractivity contribution in [1.82, 2.24) is 5.32 Å². The Balaban J connectivity index is 1.69. The molecule has 11 nitrogen and oxygen atoms in total. The Morgan fingerprint density at radius 1 is 1.19 bits per heavy atom. The van der Waals surface area contributed by atoms with Crippen LogP contribution in [0.4, 0.5) is 0 Å². The number of ether oxygens (including phenoxy) is 1. The van der Waals surface area contributed by atoms with Crippen LogP contribution in [0, 0.1) is 0 Å². The smallest absolute Gasteiger partial charge is 0.388 e. The van der Waals surface area contributed by atoms with Crippen molar-refractivity contribution < 1.29 is 38.6 Å². The van der Waals surface area contributed by atoms with Gasteiger partial charge in [-0.3, -0.25) is 14.3 Å². The van der Waals surface area contributed by atoms with Crippen LogP contribution < -0.4 is 11.1 Å². The van der Waals surface area contributed by atoms with Crippen LogP contribution >= 0.6 is 7.82 Å². The molecule has 32 heavy (non-hydrogen) atoms. The molecule has 0 aromatic carbocycles. The van der Waals surface area contributed by atoms with Crippen molar-refractivity contribution in [3.05, 3.63) is 12.3 Å². The van der Waals surface area contributed by atoms with Crippen LogP contribution in [-0.2, 0) is 18.6 Å². The molecule has 0 bridgehead atoms. The number of phosphoric ester groups is 1. The summed E-state index contributed by atoms with van der Waals surface area (Å²) in [6.07, 6.45) is 5.99. The molecule has 1 aliphatic carbocycles. The lowest BCUT2D eigenvalue weighted by Crippen LogP contribution is -2.47. The van der Waals surface area contributed by atoms with Crippen LogP contribution in [-0.4, -0.2) is 74.2 Å². The molecule has 0 radical (unpaired) electrons. The second kappa shape index (κ2) is 10.7. The van der Waals surface area contributed by atoms with Crippen molar-refractivity contribution in [1.29, 1.82) is 0 Å². The highest BCUT2D eigenvalue weighted by Crippen LogP contribution is 2.38. The van der Waals surface area contributed by atoms with Crippen molar-refractivity contribution >= 4 is 19.4 Å². The van der Waals surface area contributed by atoms with Crippen LogP contribution in [0.15, 0.2) is 17.3 Å². The molecule has 7 N–H and O–H groups in total. The summed E-state index contributed by atoms with van der Waals surface area (Å²) in [5.74, 6) is 0.369. The number of nitrogens with two attached hydrogens (primary N) is 1. The third kappa shape index (κ3) is 6.38. The number of hydrogen-bond donors (Lipinski definition) is 6. The summed E-state index contributed by atoms with van der Waals surface area (Å²) < 4.78 is 21.1. The third-order valence-electron chi connectivity index (χ3n) is 6.50. The molecule has 2 fully saturated rings. The van der Waals surface area contributed by atoms with Gasteiger partial charge in [-0.1, -0.05) is 32.1 Å². The summed E-state index contributed by atoms with van der Waals surface area (Å²) in [6, 6.07) is -0.383. The van der Waals surface area contributed by atoms with Crippen LogP contribution in [0.25, 0.3) is 0 Å². The standard InChI is InChI=1S/C20H34N3O8P/c21-16-8-11-22-13(19-18(26)17(25)14(31-19)12-30-32(27,28)29)6-4-2-1-3-5-9-20(23-16)10-7-15(20)24/h8,11,13-14,17-19,22,25-26H,1-7,9-10,12H2,(H2,21,23)(H2,27,28,29)/b11-8-. The maximum atomic E-state index is 12.2. The molecule has 6 atom stereocenters. The Labute approximate surface area is 187 Å². The van der Waals surface area contributed by atoms with Gasteiger partial charge in [0.25, 0.3) is 0 Å². The number of aliphatic imine (C=N–C) groups is 1. The number of aliphatic hydroxyl groups excluding tert-OH is 2. The van der Waals surface area contributed by atoms with E-state index in [4.69, 9.17) is 20.3 Å². The summed E-state index contributed by atoms with van der Waals surface area (Å²) in [5.41, 5.74) is 5.35. The van der Waals surface area contributed by atoms with E-state index in [9.17, 15) is 19.6 Å². The minimum Gasteiger partial charge on any atom is -0.388 e. The van der Waals surface area contributed by atoms with Crippen LogP contribution in [0.5, 0.6) is 0 Å². The van der Waals surface area contributed by atoms with Crippen molar-refractivity contribution in [2.75, 3.05) is 6.61 Å². The Morgan fingerprint density at radius 3 is 2.56 bits per heavy atom. The van der Waals surface area contributed by atoms with Crippen molar-refractivity contribution in [3.63, 3.8) is 0 Å². The molecule has 2 aliphatic heterocycles. The van der Waals surface area contributed by atoms with Crippen LogP contribution in [0.2, 0.25) is 0 Å². The minimum atomic E-state index is -4.73. The Bertz CT molecular complexity index is 772. The number of hydrogen-bond acceptors (Lipinski definition) is 9. The third-order valence-corrected chi connectivity index (χ3v) is 6.99. The number of nitrogens with one attached hydrogen (secondary N) is 1. The average Bonchev–Trinajstić information content (AvgIpc) is 3.01. The highest BCUT2D eigenvalue weighted by Gasteiger charge is 2.47. The topological polar surface area (TPSA) is 184 Å². The summed E-state index contributed by atoms with van der Waals surface area (Å²) in [4.78, 5) is 34.5. The van der Waals surface area contributed by atoms with Crippen molar-refractivity contribution in [3.8, 4) is 0 Å². The van der Waals surface area contributed by atoms with E-state index in [0.717, 1.165) is 32.1 Å². The molecule has 12 heteroatoms. The van der Waals surface area contributed by atoms with Crippen LogP contribution in [0.1, 0.15) is 57.8 Å². The quantitative estimate of drug-likeness (QED) is 0.308. The van der Waals surface area contributed by atoms with Crippen LogP contribution in [0.3, 0.4) is 0 Å². The molecule has 0 amide bonds. The largest absolute Gasteiger partial charge is 0.469 e. The van der Waals surface area contributed by atoms with E-state index in [2.05, 4.69) is 14.8 Å². The van der Waals surface area contributed by atoms with E-state index in [1.54, 1.807) is 12.3 Å². The van der Waals surface area contributed by atoms with Gasteiger partial charge >= 0.3 is 7.82 Å². The molecule has 1 spiro atoms. The normalized spacial score (nSPS) is 40.1. The monoisotopic (exact) mass is 475 g/mol. The SMILES string of the molecule is NC1=N\C2(CCCCCCCC(C3OC(COP(=O)(O)O)C(O)C3O)N/C=C\1)CCC2=O. The van der Waals surface area contributed by atoms with Gasteiger partial charge in [-0.2, -0.15) is 0 Å². The van der Waals surface area contributed by atoms with Gasteiger partial charge in [0.05, 0.1) is 12.6 Å². The van der Waals surface area contributed by atoms with E-state index < -0.39 is 44.4 Å². The first-order valence-corrected chi connectivity index (χ1v) is 12.7. The first-order valence-electron chi connectivity index (χ1n) is 11.1. The van der Waals surface area contributed by atoms with Gasteiger partial charge < -0.3 is 35.8 Å². The molecule has 2 heterocycles. The first-order chi connectivity index (χ1) is 15.1. The predicted octanol–water partition coefficient (Wildman–Crippen LogP) is 0.260. The van der Waals surface area contributed by atoms with E-state index in [1.165, 1.54) is 0 Å². The van der Waals surface area contributed by atoms with Gasteiger partial charge in [0.1, 0.15) is 35.8 Å². The summed E-state index contributed by atoms with van der Waals surface area (Å²) in [7, 11) is -4.73. The number of Topliss-reactive ketones (excluding diaryl/α,β-unsaturated/α-hetero) is 1. The number of phosphoric acid groups is 1. The number of carbonyl (C=O) groups excluding carboxylic acids is 1. The zero-order valence-electron chi connectivity index (χ0n) is 18.0. The average molecular weight is 475 g/mol. The molecule has 0 aromatic heterocycles. The van der Waals surface area contributed by atoms with Gasteiger partial charge in [0, 0.05) is 12.6 Å². The Hall–Kier alpha value is -1.33. The molecular weight excluding hydrogens is 441 g/mol. The summed E-state index contributed by atoms with van der Waals surface area (Å²) in [6.45, 7) is -0.544. The number of ketones is 1. The number of amidine groups is 1. The molecule has 3 aliphatic rings. The summed E-state index contributed by atoms with van der Waals surface area (Å²) in [5, 5.41) is 23.9. The lowest BCUT2D eigenvalue weighted by atomic mass is 9.72. The molecule has 0 aromatic rings. The molecule has 182 valence electrons. The number of nitrogens with zero attached hydrogens (tertiary/aromatic N) is 1. The van der Waals surface area contributed by atoms with Crippen molar-refractivity contribution in [2.24, 2.45) is 10.7 Å². The molecule has 1 saturated heterocycles. The number of carbonyl (C=O) groups is 1. The van der Waals surface area contributed by atoms with Crippen molar-refractivity contribution in [2.45, 2.75) is 93.8 Å². The lowest BCUT2D eigenvalue weighted by molar-refractivity contribution is -0.131. The highest BCUT2D eigenvalue weighted by atomic mass is 31.2. The van der Waals surface area contributed by atoms with Gasteiger partial charge in [-0.25, -0.2) is 4.57 Å². The van der Waals surface area contributed by atoms with E-state index >= 15 is 0 Å². The van der Waals surface area contributed by atoms with E-state index in [-0.39, 0.29) is 17.7 Å². The highest BCUT2D eigenvalue weighted by molar-refractivity contribution is 7.46.